The van der Waals surface area contributed by atoms with E-state index in [-0.39, 0.29) is 0 Å². The SMILES string of the molecule is CS[C@@H]1O[C@H](CO)[C@@H](O)[C@H](S[C@@H]2O[C@H](CO)[C@@H](O)[C@H](S[C@@H]3O[C@H](CO)[C@@H](O)[C@H](O)[C@H]3O)[C@H]2O)[C@H]1O. The zero-order chi connectivity index (χ0) is 26.0. The fourth-order valence-electron chi connectivity index (χ4n) is 4.22. The molecule has 10 N–H and O–H groups in total. The highest BCUT2D eigenvalue weighted by atomic mass is 32.2. The molecule has 35 heavy (non-hydrogen) atoms. The highest BCUT2D eigenvalue weighted by Crippen LogP contribution is 2.43. The number of ether oxygens (including phenoxy) is 3. The van der Waals surface area contributed by atoms with Crippen molar-refractivity contribution in [1.82, 2.24) is 0 Å². The third kappa shape index (κ3) is 6.24. The monoisotopic (exact) mass is 566 g/mol. The van der Waals surface area contributed by atoms with Gasteiger partial charge in [0.1, 0.15) is 65.1 Å². The molecule has 0 aromatic carbocycles. The molecule has 0 unspecified atom stereocenters. The molecule has 0 spiro atoms. The highest BCUT2D eigenvalue weighted by Gasteiger charge is 2.53. The Labute approximate surface area is 214 Å². The lowest BCUT2D eigenvalue weighted by atomic mass is 10.0. The summed E-state index contributed by atoms with van der Waals surface area (Å²) in [6.45, 7) is -1.80. The summed E-state index contributed by atoms with van der Waals surface area (Å²) in [4.78, 5) is 0. The second-order valence-electron chi connectivity index (χ2n) is 8.55. The average molecular weight is 567 g/mol. The van der Waals surface area contributed by atoms with Crippen LogP contribution in [0.4, 0.5) is 0 Å². The Kier molecular flexibility index (Phi) is 11.2. The van der Waals surface area contributed by atoms with Crippen molar-refractivity contribution in [3.63, 3.8) is 0 Å². The second-order valence-corrected chi connectivity index (χ2v) is 12.0. The minimum Gasteiger partial charge on any atom is -0.394 e. The number of thioether (sulfide) groups is 3. The van der Waals surface area contributed by atoms with E-state index in [0.717, 1.165) is 23.5 Å². The molecule has 15 atom stereocenters. The van der Waals surface area contributed by atoms with E-state index in [1.54, 1.807) is 6.26 Å². The maximum atomic E-state index is 11.1. The fourth-order valence-corrected chi connectivity index (χ4v) is 8.09. The van der Waals surface area contributed by atoms with Crippen molar-refractivity contribution in [3.8, 4) is 0 Å². The molecule has 0 aromatic heterocycles. The van der Waals surface area contributed by atoms with Gasteiger partial charge >= 0.3 is 0 Å². The van der Waals surface area contributed by atoms with Crippen LogP contribution in [0.3, 0.4) is 0 Å². The molecule has 3 fully saturated rings. The van der Waals surface area contributed by atoms with Crippen molar-refractivity contribution < 1.29 is 65.3 Å². The Balaban J connectivity index is 1.79. The zero-order valence-electron chi connectivity index (χ0n) is 18.7. The predicted octanol–water partition coefficient (Wildman–Crippen LogP) is -4.77. The number of aliphatic hydroxyl groups excluding tert-OH is 10. The van der Waals surface area contributed by atoms with Gasteiger partial charge in [-0.2, -0.15) is 0 Å². The molecule has 3 rings (SSSR count). The maximum absolute atomic E-state index is 11.1. The first kappa shape index (κ1) is 30.1. The standard InChI is InChI=1S/C19H34O13S3/c1-33-17-13(28)15(9(24)6(3-21)30-17)35-19-14(29)16(10(25)7(4-22)32-19)34-18-12(27)11(26)8(23)5(2-20)31-18/h5-29H,2-4H2,1H3/t5-,6-,7-,8-,9-,10-,11+,12-,13-,14-,15+,16+,17+,18+,19+/m1/s1. The molecule has 13 nitrogen and oxygen atoms in total. The molecule has 3 heterocycles. The van der Waals surface area contributed by atoms with Crippen LogP contribution in [0.25, 0.3) is 0 Å². The first-order valence-corrected chi connectivity index (χ1v) is 14.2. The molecule has 0 aromatic rings. The normalized spacial score (nSPS) is 51.3. The van der Waals surface area contributed by atoms with E-state index in [1.165, 1.54) is 11.8 Å². The lowest BCUT2D eigenvalue weighted by Crippen LogP contribution is -2.62. The van der Waals surface area contributed by atoms with Gasteiger partial charge in [0.2, 0.25) is 0 Å². The highest BCUT2D eigenvalue weighted by molar-refractivity contribution is 8.01. The van der Waals surface area contributed by atoms with Crippen LogP contribution in [0.15, 0.2) is 0 Å². The molecule has 3 aliphatic rings. The van der Waals surface area contributed by atoms with Crippen LogP contribution in [0.2, 0.25) is 0 Å². The Bertz CT molecular complexity index is 649. The van der Waals surface area contributed by atoms with Crippen LogP contribution in [0.1, 0.15) is 0 Å². The molecule has 3 aliphatic heterocycles. The van der Waals surface area contributed by atoms with E-state index in [4.69, 9.17) is 14.2 Å². The fraction of sp³-hybridized carbons (Fsp3) is 1.00. The topological polar surface area (TPSA) is 230 Å². The van der Waals surface area contributed by atoms with Crippen molar-refractivity contribution in [1.29, 1.82) is 0 Å². The number of hydrogen-bond acceptors (Lipinski definition) is 16. The van der Waals surface area contributed by atoms with E-state index in [9.17, 15) is 51.1 Å². The average Bonchev–Trinajstić information content (AvgIpc) is 2.85. The van der Waals surface area contributed by atoms with Gasteiger partial charge in [-0.3, -0.25) is 0 Å². The van der Waals surface area contributed by atoms with Gasteiger partial charge in [-0.25, -0.2) is 0 Å². The summed E-state index contributed by atoms with van der Waals surface area (Å²) >= 11 is 2.76. The number of aliphatic hydroxyl groups is 10. The Morgan fingerprint density at radius 2 is 0.857 bits per heavy atom. The van der Waals surface area contributed by atoms with Crippen molar-refractivity contribution in [3.05, 3.63) is 0 Å². The Hall–Kier alpha value is 0.530. The van der Waals surface area contributed by atoms with E-state index >= 15 is 0 Å². The van der Waals surface area contributed by atoms with Gasteiger partial charge in [-0.1, -0.05) is 0 Å². The summed E-state index contributed by atoms with van der Waals surface area (Å²) in [6, 6.07) is 0. The van der Waals surface area contributed by atoms with E-state index < -0.39 is 108 Å². The first-order chi connectivity index (χ1) is 16.6. The van der Waals surface area contributed by atoms with Crippen LogP contribution in [-0.2, 0) is 14.2 Å². The van der Waals surface area contributed by atoms with Gasteiger partial charge in [0.25, 0.3) is 0 Å². The summed E-state index contributed by atoms with van der Waals surface area (Å²) < 4.78 is 16.6. The van der Waals surface area contributed by atoms with Crippen molar-refractivity contribution >= 4 is 35.3 Å². The summed E-state index contributed by atoms with van der Waals surface area (Å²) in [7, 11) is 0. The minimum atomic E-state index is -1.65. The summed E-state index contributed by atoms with van der Waals surface area (Å²) in [5.41, 5.74) is -3.21. The quantitative estimate of drug-likeness (QED) is 0.133. The maximum Gasteiger partial charge on any atom is 0.132 e. The third-order valence-corrected chi connectivity index (χ3v) is 10.2. The van der Waals surface area contributed by atoms with Gasteiger partial charge in [0, 0.05) is 0 Å². The Morgan fingerprint density at radius 3 is 1.29 bits per heavy atom. The predicted molar refractivity (Wildman–Crippen MR) is 126 cm³/mol. The van der Waals surface area contributed by atoms with Crippen molar-refractivity contribution in [2.45, 2.75) is 87.8 Å². The smallest absolute Gasteiger partial charge is 0.132 e. The van der Waals surface area contributed by atoms with Crippen LogP contribution in [-0.4, -0.2) is 165 Å². The molecular formula is C19H34O13S3. The van der Waals surface area contributed by atoms with Crippen LogP contribution < -0.4 is 0 Å². The summed E-state index contributed by atoms with van der Waals surface area (Å²) in [5, 5.41) is 100. The molecular weight excluding hydrogens is 532 g/mol. The molecule has 206 valence electrons. The first-order valence-electron chi connectivity index (χ1n) is 11.0. The molecule has 16 heteroatoms. The van der Waals surface area contributed by atoms with E-state index in [1.807, 2.05) is 0 Å². The van der Waals surface area contributed by atoms with Crippen LogP contribution >= 0.6 is 35.3 Å². The number of rotatable bonds is 8. The summed E-state index contributed by atoms with van der Waals surface area (Å²) in [6.07, 6.45) is -12.0. The lowest BCUT2D eigenvalue weighted by molar-refractivity contribution is -0.206. The Morgan fingerprint density at radius 1 is 0.486 bits per heavy atom. The zero-order valence-corrected chi connectivity index (χ0v) is 21.2. The van der Waals surface area contributed by atoms with Crippen molar-refractivity contribution in [2.75, 3.05) is 26.1 Å². The molecule has 0 bridgehead atoms. The van der Waals surface area contributed by atoms with Gasteiger partial charge in [-0.15, -0.1) is 35.3 Å². The van der Waals surface area contributed by atoms with Gasteiger partial charge < -0.3 is 65.3 Å². The van der Waals surface area contributed by atoms with Crippen LogP contribution in [0.5, 0.6) is 0 Å². The molecule has 0 radical (unpaired) electrons. The third-order valence-electron chi connectivity index (χ3n) is 6.31. The van der Waals surface area contributed by atoms with Gasteiger partial charge in [0.05, 0.1) is 42.5 Å². The molecule has 3 saturated heterocycles. The molecule has 0 aliphatic carbocycles. The molecule has 0 amide bonds. The van der Waals surface area contributed by atoms with E-state index in [2.05, 4.69) is 0 Å². The number of hydrogen-bond donors (Lipinski definition) is 10. The van der Waals surface area contributed by atoms with Gasteiger partial charge in [-0.05, 0) is 6.26 Å². The van der Waals surface area contributed by atoms with Crippen molar-refractivity contribution in [2.24, 2.45) is 0 Å². The van der Waals surface area contributed by atoms with E-state index in [0.29, 0.717) is 0 Å². The lowest BCUT2D eigenvalue weighted by Gasteiger charge is -2.48. The minimum absolute atomic E-state index is 0.510. The second kappa shape index (κ2) is 13.1. The molecule has 0 saturated carbocycles. The largest absolute Gasteiger partial charge is 0.394 e. The van der Waals surface area contributed by atoms with Crippen LogP contribution in [0, 0.1) is 0 Å². The summed E-state index contributed by atoms with van der Waals surface area (Å²) in [5.74, 6) is 0. The van der Waals surface area contributed by atoms with Gasteiger partial charge in [0.15, 0.2) is 0 Å².